The van der Waals surface area contributed by atoms with Crippen LogP contribution in [0.2, 0.25) is 5.02 Å². The first-order valence-corrected chi connectivity index (χ1v) is 7.33. The summed E-state index contributed by atoms with van der Waals surface area (Å²) in [6.45, 7) is 2.67. The molecule has 0 bridgehead atoms. The number of nitrogens with zero attached hydrogens (tertiary/aromatic N) is 1. The minimum Gasteiger partial charge on any atom is -0.381 e. The summed E-state index contributed by atoms with van der Waals surface area (Å²) in [5, 5.41) is 16.6. The molecule has 0 aliphatic heterocycles. The van der Waals surface area contributed by atoms with Gasteiger partial charge in [0.1, 0.15) is 5.69 Å². The Morgan fingerprint density at radius 1 is 1.33 bits per heavy atom. The summed E-state index contributed by atoms with van der Waals surface area (Å²) in [6, 6.07) is 2.67. The summed E-state index contributed by atoms with van der Waals surface area (Å²) in [5.41, 5.74) is 0.198. The molecule has 1 amide bonds. The van der Waals surface area contributed by atoms with Crippen molar-refractivity contribution in [1.82, 2.24) is 5.32 Å². The fourth-order valence-corrected chi connectivity index (χ4v) is 2.28. The molecule has 116 valence electrons. The number of nitrogens with one attached hydrogen (secondary N) is 2. The van der Waals surface area contributed by atoms with Crippen LogP contribution >= 0.6 is 11.6 Å². The summed E-state index contributed by atoms with van der Waals surface area (Å²) in [4.78, 5) is 22.4. The smallest absolute Gasteiger partial charge is 0.294 e. The van der Waals surface area contributed by atoms with Gasteiger partial charge in [0.25, 0.3) is 11.6 Å². The van der Waals surface area contributed by atoms with Crippen molar-refractivity contribution >= 4 is 28.9 Å². The topological polar surface area (TPSA) is 84.3 Å². The van der Waals surface area contributed by atoms with Gasteiger partial charge in [-0.25, -0.2) is 0 Å². The van der Waals surface area contributed by atoms with E-state index in [2.05, 4.69) is 17.6 Å². The Morgan fingerprint density at radius 2 is 2.05 bits per heavy atom. The zero-order valence-electron chi connectivity index (χ0n) is 12.2. The quantitative estimate of drug-likeness (QED) is 0.436. The summed E-state index contributed by atoms with van der Waals surface area (Å²) in [6.07, 6.45) is 4.20. The molecule has 0 spiro atoms. The Bertz CT molecular complexity index is 520. The second-order valence-electron chi connectivity index (χ2n) is 4.68. The van der Waals surface area contributed by atoms with Crippen LogP contribution in [0.25, 0.3) is 0 Å². The number of carbonyl (C=O) groups is 1. The van der Waals surface area contributed by atoms with Crippen LogP contribution in [0.1, 0.15) is 43.0 Å². The van der Waals surface area contributed by atoms with Crippen LogP contribution in [0.15, 0.2) is 12.1 Å². The maximum absolute atomic E-state index is 12.0. The van der Waals surface area contributed by atoms with E-state index in [1.54, 1.807) is 7.05 Å². The molecule has 0 aromatic heterocycles. The largest absolute Gasteiger partial charge is 0.381 e. The highest BCUT2D eigenvalue weighted by atomic mass is 35.5. The van der Waals surface area contributed by atoms with Gasteiger partial charge in [-0.1, -0.05) is 37.8 Å². The Morgan fingerprint density at radius 3 is 2.62 bits per heavy atom. The van der Waals surface area contributed by atoms with Gasteiger partial charge in [0.15, 0.2) is 0 Å². The summed E-state index contributed by atoms with van der Waals surface area (Å²) in [7, 11) is 1.54. The minimum absolute atomic E-state index is 0.155. The van der Waals surface area contributed by atoms with Crippen LogP contribution in [0.4, 0.5) is 11.4 Å². The molecule has 2 N–H and O–H groups in total. The van der Waals surface area contributed by atoms with E-state index < -0.39 is 4.92 Å². The number of anilines is 1. The number of nitro benzene ring substituents is 1. The molecular formula is C14H20ClN3O3. The Labute approximate surface area is 129 Å². The Hall–Kier alpha value is -1.82. The Kier molecular flexibility index (Phi) is 6.94. The van der Waals surface area contributed by atoms with Crippen molar-refractivity contribution in [3.8, 4) is 0 Å². The SMILES string of the molecule is CCCCCCNC(=O)c1cc(Cl)c(NC)c([N+](=O)[O-])c1. The predicted molar refractivity (Wildman–Crippen MR) is 84.1 cm³/mol. The standard InChI is InChI=1S/C14H20ClN3O3/c1-3-4-5-6-7-17-14(19)10-8-11(15)13(16-2)12(9-10)18(20)21/h8-9,16H,3-7H2,1-2H3,(H,17,19). The zero-order chi connectivity index (χ0) is 15.8. The first-order valence-electron chi connectivity index (χ1n) is 6.95. The minimum atomic E-state index is -0.560. The van der Waals surface area contributed by atoms with E-state index in [0.717, 1.165) is 25.7 Å². The van der Waals surface area contributed by atoms with Gasteiger partial charge < -0.3 is 10.6 Å². The highest BCUT2D eigenvalue weighted by Crippen LogP contribution is 2.33. The third-order valence-corrected chi connectivity index (χ3v) is 3.39. The van der Waals surface area contributed by atoms with E-state index in [-0.39, 0.29) is 27.9 Å². The van der Waals surface area contributed by atoms with Gasteiger partial charge in [0.2, 0.25) is 0 Å². The number of nitro groups is 1. The lowest BCUT2D eigenvalue weighted by Gasteiger charge is -2.09. The van der Waals surface area contributed by atoms with E-state index in [4.69, 9.17) is 11.6 Å². The molecule has 1 aromatic carbocycles. The van der Waals surface area contributed by atoms with E-state index in [0.29, 0.717) is 6.54 Å². The number of rotatable bonds is 8. The van der Waals surface area contributed by atoms with Crippen LogP contribution in [-0.2, 0) is 0 Å². The molecule has 0 atom stereocenters. The van der Waals surface area contributed by atoms with Gasteiger partial charge in [-0.05, 0) is 12.5 Å². The average Bonchev–Trinajstić information content (AvgIpc) is 2.45. The maximum Gasteiger partial charge on any atom is 0.294 e. The number of unbranched alkanes of at least 4 members (excludes halogenated alkanes) is 3. The molecule has 6 nitrogen and oxygen atoms in total. The molecule has 0 saturated heterocycles. The summed E-state index contributed by atoms with van der Waals surface area (Å²) in [5.74, 6) is -0.348. The molecule has 7 heteroatoms. The third-order valence-electron chi connectivity index (χ3n) is 3.09. The fraction of sp³-hybridized carbons (Fsp3) is 0.500. The van der Waals surface area contributed by atoms with Crippen LogP contribution in [0.3, 0.4) is 0 Å². The molecule has 0 aliphatic carbocycles. The van der Waals surface area contributed by atoms with Crippen LogP contribution < -0.4 is 10.6 Å². The molecule has 0 unspecified atom stereocenters. The van der Waals surface area contributed by atoms with Crippen molar-refractivity contribution in [3.05, 3.63) is 32.8 Å². The lowest BCUT2D eigenvalue weighted by Crippen LogP contribution is -2.24. The fourth-order valence-electron chi connectivity index (χ4n) is 1.97. The molecule has 21 heavy (non-hydrogen) atoms. The van der Waals surface area contributed by atoms with Crippen LogP contribution in [0.5, 0.6) is 0 Å². The number of hydrogen-bond acceptors (Lipinski definition) is 4. The first kappa shape index (κ1) is 17.2. The molecule has 0 aliphatic rings. The first-order chi connectivity index (χ1) is 10.0. The molecule has 1 rings (SSSR count). The number of carbonyl (C=O) groups excluding carboxylic acids is 1. The predicted octanol–water partition coefficient (Wildman–Crippen LogP) is 3.60. The molecule has 0 saturated carbocycles. The van der Waals surface area contributed by atoms with Gasteiger partial charge in [0, 0.05) is 25.2 Å². The normalized spacial score (nSPS) is 10.2. The molecule has 0 heterocycles. The second kappa shape index (κ2) is 8.46. The summed E-state index contributed by atoms with van der Waals surface area (Å²) < 4.78 is 0. The molecular weight excluding hydrogens is 294 g/mol. The van der Waals surface area contributed by atoms with E-state index in [9.17, 15) is 14.9 Å². The highest BCUT2D eigenvalue weighted by Gasteiger charge is 2.20. The zero-order valence-corrected chi connectivity index (χ0v) is 13.0. The second-order valence-corrected chi connectivity index (χ2v) is 5.08. The molecule has 1 aromatic rings. The number of benzene rings is 1. The van der Waals surface area contributed by atoms with E-state index >= 15 is 0 Å². The Balaban J connectivity index is 2.78. The van der Waals surface area contributed by atoms with Gasteiger partial charge in [0.05, 0.1) is 9.95 Å². The molecule has 0 radical (unpaired) electrons. The van der Waals surface area contributed by atoms with Crippen molar-refractivity contribution in [2.45, 2.75) is 32.6 Å². The van der Waals surface area contributed by atoms with Crippen molar-refractivity contribution in [2.75, 3.05) is 18.9 Å². The molecule has 0 fully saturated rings. The van der Waals surface area contributed by atoms with E-state index in [1.165, 1.54) is 12.1 Å². The lowest BCUT2D eigenvalue weighted by molar-refractivity contribution is -0.383. The summed E-state index contributed by atoms with van der Waals surface area (Å²) >= 11 is 5.98. The van der Waals surface area contributed by atoms with Crippen LogP contribution in [-0.4, -0.2) is 24.4 Å². The van der Waals surface area contributed by atoms with Gasteiger partial charge in [-0.2, -0.15) is 0 Å². The maximum atomic E-state index is 12.0. The monoisotopic (exact) mass is 313 g/mol. The van der Waals surface area contributed by atoms with Crippen molar-refractivity contribution in [2.24, 2.45) is 0 Å². The number of amides is 1. The van der Waals surface area contributed by atoms with Crippen molar-refractivity contribution in [1.29, 1.82) is 0 Å². The lowest BCUT2D eigenvalue weighted by atomic mass is 10.1. The van der Waals surface area contributed by atoms with Gasteiger partial charge in [-0.3, -0.25) is 14.9 Å². The van der Waals surface area contributed by atoms with Crippen molar-refractivity contribution < 1.29 is 9.72 Å². The van der Waals surface area contributed by atoms with E-state index in [1.807, 2.05) is 0 Å². The number of halogens is 1. The number of hydrogen-bond donors (Lipinski definition) is 2. The van der Waals surface area contributed by atoms with Crippen molar-refractivity contribution in [3.63, 3.8) is 0 Å². The van der Waals surface area contributed by atoms with Gasteiger partial charge in [-0.15, -0.1) is 0 Å². The van der Waals surface area contributed by atoms with Gasteiger partial charge >= 0.3 is 0 Å². The third kappa shape index (κ3) is 4.90. The highest BCUT2D eigenvalue weighted by molar-refractivity contribution is 6.34. The average molecular weight is 314 g/mol. The van der Waals surface area contributed by atoms with Crippen LogP contribution in [0, 0.1) is 10.1 Å².